The van der Waals surface area contributed by atoms with E-state index >= 15 is 0 Å². The van der Waals surface area contributed by atoms with Crippen LogP contribution in [-0.2, 0) is 0 Å². The normalized spacial score (nSPS) is 18.4. The first-order valence-electron chi connectivity index (χ1n) is 10.3. The molecule has 1 aliphatic carbocycles. The lowest BCUT2D eigenvalue weighted by molar-refractivity contribution is 0.112. The maximum absolute atomic E-state index is 10.9. The zero-order chi connectivity index (χ0) is 20.4. The zero-order valence-electron chi connectivity index (χ0n) is 17.6. The molecule has 0 aromatic heterocycles. The first kappa shape index (κ1) is 22.8. The molecule has 0 saturated heterocycles. The standard InChI is InChI=1S/C20H24N2O.2C2H6/c1-13-2-4-14(5-3-13)15-8-9-18(20(22)10-15)16-6-7-17(12-23)19(21)11-16;2*1-2/h6-14H,2-5,21-22H2,1H3;2*1-2H3. The van der Waals surface area contributed by atoms with Crippen LogP contribution in [0, 0.1) is 5.92 Å². The molecule has 0 aliphatic heterocycles. The van der Waals surface area contributed by atoms with Crippen LogP contribution in [0.15, 0.2) is 36.4 Å². The summed E-state index contributed by atoms with van der Waals surface area (Å²) in [4.78, 5) is 10.9. The molecule has 3 nitrogen and oxygen atoms in total. The van der Waals surface area contributed by atoms with Crippen LogP contribution >= 0.6 is 0 Å². The summed E-state index contributed by atoms with van der Waals surface area (Å²) in [5.74, 6) is 1.48. The highest BCUT2D eigenvalue weighted by Crippen LogP contribution is 2.38. The lowest BCUT2D eigenvalue weighted by atomic mass is 9.79. The van der Waals surface area contributed by atoms with E-state index in [2.05, 4.69) is 25.1 Å². The number of nitrogen functional groups attached to an aromatic ring is 2. The predicted molar refractivity (Wildman–Crippen MR) is 119 cm³/mol. The van der Waals surface area contributed by atoms with Crippen LogP contribution in [0.2, 0.25) is 0 Å². The molecule has 0 atom stereocenters. The summed E-state index contributed by atoms with van der Waals surface area (Å²) in [5.41, 5.74) is 17.3. The topological polar surface area (TPSA) is 69.1 Å². The maximum Gasteiger partial charge on any atom is 0.152 e. The van der Waals surface area contributed by atoms with E-state index in [1.54, 1.807) is 6.07 Å². The highest BCUT2D eigenvalue weighted by molar-refractivity contribution is 5.87. The fourth-order valence-corrected chi connectivity index (χ4v) is 3.54. The number of benzene rings is 2. The third-order valence-electron chi connectivity index (χ3n) is 5.09. The molecule has 1 saturated carbocycles. The van der Waals surface area contributed by atoms with E-state index in [0.29, 0.717) is 17.2 Å². The van der Waals surface area contributed by atoms with Crippen LogP contribution in [0.3, 0.4) is 0 Å². The van der Waals surface area contributed by atoms with Gasteiger partial charge in [-0.15, -0.1) is 0 Å². The van der Waals surface area contributed by atoms with Gasteiger partial charge in [0.25, 0.3) is 0 Å². The highest BCUT2D eigenvalue weighted by Gasteiger charge is 2.20. The highest BCUT2D eigenvalue weighted by atomic mass is 16.1. The van der Waals surface area contributed by atoms with E-state index in [1.807, 2.05) is 39.8 Å². The Kier molecular flexibility index (Phi) is 9.63. The summed E-state index contributed by atoms with van der Waals surface area (Å²) in [6.45, 7) is 10.3. The van der Waals surface area contributed by atoms with Crippen molar-refractivity contribution in [3.63, 3.8) is 0 Å². The summed E-state index contributed by atoms with van der Waals surface area (Å²) >= 11 is 0. The second-order valence-electron chi connectivity index (χ2n) is 6.77. The van der Waals surface area contributed by atoms with Gasteiger partial charge < -0.3 is 11.5 Å². The van der Waals surface area contributed by atoms with E-state index in [9.17, 15) is 4.79 Å². The molecule has 1 fully saturated rings. The van der Waals surface area contributed by atoms with Gasteiger partial charge in [-0.2, -0.15) is 0 Å². The van der Waals surface area contributed by atoms with Crippen LogP contribution in [0.5, 0.6) is 0 Å². The van der Waals surface area contributed by atoms with E-state index in [4.69, 9.17) is 11.5 Å². The first-order valence-corrected chi connectivity index (χ1v) is 10.3. The molecule has 27 heavy (non-hydrogen) atoms. The number of hydrogen-bond acceptors (Lipinski definition) is 3. The lowest BCUT2D eigenvalue weighted by Gasteiger charge is -2.27. The molecule has 2 aromatic carbocycles. The average molecular weight is 369 g/mol. The summed E-state index contributed by atoms with van der Waals surface area (Å²) in [5, 5.41) is 0. The van der Waals surface area contributed by atoms with Gasteiger partial charge in [0, 0.05) is 22.5 Å². The number of anilines is 2. The number of hydrogen-bond donors (Lipinski definition) is 2. The smallest absolute Gasteiger partial charge is 0.152 e. The minimum absolute atomic E-state index is 0.488. The van der Waals surface area contributed by atoms with Crippen LogP contribution in [-0.4, -0.2) is 6.29 Å². The van der Waals surface area contributed by atoms with E-state index < -0.39 is 0 Å². The third kappa shape index (κ3) is 5.85. The van der Waals surface area contributed by atoms with Gasteiger partial charge in [0.05, 0.1) is 0 Å². The third-order valence-corrected chi connectivity index (χ3v) is 5.09. The largest absolute Gasteiger partial charge is 0.398 e. The van der Waals surface area contributed by atoms with E-state index in [1.165, 1.54) is 31.2 Å². The SMILES string of the molecule is CC.CC.CC1CCC(c2ccc(-c3ccc(C=O)c(N)c3)c(N)c2)CC1. The van der Waals surface area contributed by atoms with Crippen molar-refractivity contribution in [3.05, 3.63) is 47.5 Å². The Balaban J connectivity index is 0.000000855. The zero-order valence-corrected chi connectivity index (χ0v) is 17.6. The van der Waals surface area contributed by atoms with Gasteiger partial charge >= 0.3 is 0 Å². The Hall–Kier alpha value is -2.29. The summed E-state index contributed by atoms with van der Waals surface area (Å²) in [6, 6.07) is 11.8. The Morgan fingerprint density at radius 3 is 2.00 bits per heavy atom. The number of aldehydes is 1. The molecule has 148 valence electrons. The molecule has 4 N–H and O–H groups in total. The van der Waals surface area contributed by atoms with Crippen molar-refractivity contribution in [2.75, 3.05) is 11.5 Å². The number of rotatable bonds is 3. The molecule has 3 heteroatoms. The number of carbonyl (C=O) groups excluding carboxylic acids is 1. The monoisotopic (exact) mass is 368 g/mol. The van der Waals surface area contributed by atoms with Gasteiger partial charge in [-0.3, -0.25) is 4.79 Å². The Morgan fingerprint density at radius 2 is 1.48 bits per heavy atom. The van der Waals surface area contributed by atoms with Crippen molar-refractivity contribution in [2.24, 2.45) is 5.92 Å². The van der Waals surface area contributed by atoms with E-state index in [-0.39, 0.29) is 0 Å². The second kappa shape index (κ2) is 11.4. The molecule has 0 spiro atoms. The van der Waals surface area contributed by atoms with Gasteiger partial charge in [0.2, 0.25) is 0 Å². The van der Waals surface area contributed by atoms with Crippen LogP contribution in [0.25, 0.3) is 11.1 Å². The molecular weight excluding hydrogens is 332 g/mol. The fraction of sp³-hybridized carbons (Fsp3) is 0.458. The van der Waals surface area contributed by atoms with Crippen molar-refractivity contribution < 1.29 is 4.79 Å². The van der Waals surface area contributed by atoms with Crippen molar-refractivity contribution in [1.82, 2.24) is 0 Å². The Labute approximate surface area is 165 Å². The molecule has 0 unspecified atom stereocenters. The van der Waals surface area contributed by atoms with E-state index in [0.717, 1.165) is 29.0 Å². The quantitative estimate of drug-likeness (QED) is 0.469. The van der Waals surface area contributed by atoms with Crippen LogP contribution in [0.1, 0.15) is 82.1 Å². The molecule has 2 aromatic rings. The second-order valence-corrected chi connectivity index (χ2v) is 6.77. The van der Waals surface area contributed by atoms with Gasteiger partial charge in [-0.1, -0.05) is 65.7 Å². The van der Waals surface area contributed by atoms with Crippen LogP contribution in [0.4, 0.5) is 11.4 Å². The minimum atomic E-state index is 0.488. The molecule has 0 radical (unpaired) electrons. The molecule has 0 bridgehead atoms. The molecule has 1 aliphatic rings. The number of nitrogens with two attached hydrogens (primary N) is 2. The molecule has 0 heterocycles. The summed E-state index contributed by atoms with van der Waals surface area (Å²) in [7, 11) is 0. The first-order chi connectivity index (χ1) is 13.1. The molecular formula is C24H36N2O. The van der Waals surface area contributed by atoms with Gasteiger partial charge in [0.15, 0.2) is 6.29 Å². The minimum Gasteiger partial charge on any atom is -0.398 e. The van der Waals surface area contributed by atoms with Crippen molar-refractivity contribution in [2.45, 2.75) is 66.2 Å². The lowest BCUT2D eigenvalue weighted by Crippen LogP contribution is -2.11. The Morgan fingerprint density at radius 1 is 0.852 bits per heavy atom. The maximum atomic E-state index is 10.9. The van der Waals surface area contributed by atoms with Crippen LogP contribution < -0.4 is 11.5 Å². The summed E-state index contributed by atoms with van der Waals surface area (Å²) < 4.78 is 0. The van der Waals surface area contributed by atoms with Gasteiger partial charge in [-0.05, 0) is 54.0 Å². The molecule has 3 rings (SSSR count). The number of carbonyl (C=O) groups is 1. The Bertz CT molecular complexity index is 716. The molecule has 0 amide bonds. The van der Waals surface area contributed by atoms with Crippen molar-refractivity contribution >= 4 is 17.7 Å². The average Bonchev–Trinajstić information content (AvgIpc) is 2.71. The predicted octanol–water partition coefficient (Wildman–Crippen LogP) is 6.68. The summed E-state index contributed by atoms with van der Waals surface area (Å²) in [6.07, 6.45) is 5.88. The van der Waals surface area contributed by atoms with Gasteiger partial charge in [0.1, 0.15) is 0 Å². The fourth-order valence-electron chi connectivity index (χ4n) is 3.54. The van der Waals surface area contributed by atoms with Crippen molar-refractivity contribution in [1.29, 1.82) is 0 Å². The van der Waals surface area contributed by atoms with Gasteiger partial charge in [-0.25, -0.2) is 0 Å². The van der Waals surface area contributed by atoms with Crippen molar-refractivity contribution in [3.8, 4) is 11.1 Å².